The summed E-state index contributed by atoms with van der Waals surface area (Å²) in [6.45, 7) is 4.54. The minimum absolute atomic E-state index is 0.485. The summed E-state index contributed by atoms with van der Waals surface area (Å²) in [7, 11) is 0. The maximum absolute atomic E-state index is 6.03. The van der Waals surface area contributed by atoms with Gasteiger partial charge in [-0.25, -0.2) is 0 Å². The van der Waals surface area contributed by atoms with Crippen molar-refractivity contribution in [2.24, 2.45) is 17.6 Å². The molecule has 1 fully saturated rings. The van der Waals surface area contributed by atoms with Crippen molar-refractivity contribution in [1.29, 1.82) is 0 Å². The molecule has 0 aromatic rings. The molecule has 1 aliphatic carbocycles. The van der Waals surface area contributed by atoms with E-state index >= 15 is 0 Å². The molecule has 0 radical (unpaired) electrons. The minimum atomic E-state index is 0.485. The van der Waals surface area contributed by atoms with Crippen LogP contribution in [0.2, 0.25) is 0 Å². The predicted octanol–water partition coefficient (Wildman–Crippen LogP) is 2.16. The Morgan fingerprint density at radius 2 is 2.10 bits per heavy atom. The molecule has 0 heterocycles. The van der Waals surface area contributed by atoms with Gasteiger partial charge in [-0.05, 0) is 24.7 Å². The van der Waals surface area contributed by atoms with E-state index in [-0.39, 0.29) is 0 Å². The maximum Gasteiger partial charge on any atom is 0.00928 e. The summed E-state index contributed by atoms with van der Waals surface area (Å²) in [5.74, 6) is 1.57. The van der Waals surface area contributed by atoms with Crippen LogP contribution < -0.4 is 5.73 Å². The Morgan fingerprint density at radius 3 is 2.60 bits per heavy atom. The first-order valence-electron chi connectivity index (χ1n) is 4.51. The van der Waals surface area contributed by atoms with Crippen LogP contribution in [0.15, 0.2) is 0 Å². The van der Waals surface area contributed by atoms with E-state index in [4.69, 9.17) is 5.73 Å². The lowest BCUT2D eigenvalue weighted by Crippen LogP contribution is -2.39. The zero-order chi connectivity index (χ0) is 7.56. The van der Waals surface area contributed by atoms with Crippen molar-refractivity contribution in [3.05, 3.63) is 0 Å². The van der Waals surface area contributed by atoms with E-state index in [2.05, 4.69) is 13.8 Å². The quantitative estimate of drug-likeness (QED) is 0.595. The fourth-order valence-electron chi connectivity index (χ4n) is 2.03. The first-order valence-corrected chi connectivity index (χ1v) is 4.51. The van der Waals surface area contributed by atoms with Crippen molar-refractivity contribution in [2.75, 3.05) is 0 Å². The molecule has 2 N–H and O–H groups in total. The summed E-state index contributed by atoms with van der Waals surface area (Å²) in [5, 5.41) is 0. The molecule has 1 rings (SSSR count). The van der Waals surface area contributed by atoms with E-state index in [1.165, 1.54) is 25.7 Å². The molecule has 1 saturated carbocycles. The first-order chi connectivity index (χ1) is 4.75. The van der Waals surface area contributed by atoms with Gasteiger partial charge in [-0.1, -0.05) is 26.7 Å². The van der Waals surface area contributed by atoms with Gasteiger partial charge in [0.05, 0.1) is 0 Å². The summed E-state index contributed by atoms with van der Waals surface area (Å²) in [5.41, 5.74) is 6.03. The lowest BCUT2D eigenvalue weighted by Gasteiger charge is -2.33. The van der Waals surface area contributed by atoms with Crippen LogP contribution in [0.5, 0.6) is 0 Å². The normalized spacial score (nSPS) is 41.7. The smallest absolute Gasteiger partial charge is 0.00928 e. The van der Waals surface area contributed by atoms with E-state index in [9.17, 15) is 0 Å². The first kappa shape index (κ1) is 8.06. The van der Waals surface area contributed by atoms with Gasteiger partial charge in [-0.2, -0.15) is 0 Å². The standard InChI is InChI=1S/C9H19N/c1-3-8-6-4-5-7(2)9(8)10/h7-9H,3-6,10H2,1-2H3/t7?,8-,9?/m1/s1. The van der Waals surface area contributed by atoms with Crippen LogP contribution in [0, 0.1) is 11.8 Å². The molecule has 1 aliphatic rings. The summed E-state index contributed by atoms with van der Waals surface area (Å²) in [4.78, 5) is 0. The zero-order valence-electron chi connectivity index (χ0n) is 7.14. The topological polar surface area (TPSA) is 26.0 Å². The molecule has 0 spiro atoms. The number of hydrogen-bond donors (Lipinski definition) is 1. The van der Waals surface area contributed by atoms with Crippen LogP contribution in [0.1, 0.15) is 39.5 Å². The highest BCUT2D eigenvalue weighted by atomic mass is 14.7. The molecule has 2 unspecified atom stereocenters. The molecule has 10 heavy (non-hydrogen) atoms. The molecule has 1 nitrogen and oxygen atoms in total. The summed E-state index contributed by atoms with van der Waals surface area (Å²) < 4.78 is 0. The fourth-order valence-corrected chi connectivity index (χ4v) is 2.03. The second-order valence-electron chi connectivity index (χ2n) is 3.65. The Morgan fingerprint density at radius 1 is 1.40 bits per heavy atom. The van der Waals surface area contributed by atoms with Crippen molar-refractivity contribution < 1.29 is 0 Å². The van der Waals surface area contributed by atoms with Gasteiger partial charge in [0.2, 0.25) is 0 Å². The van der Waals surface area contributed by atoms with Gasteiger partial charge in [-0.15, -0.1) is 0 Å². The van der Waals surface area contributed by atoms with E-state index in [1.54, 1.807) is 0 Å². The van der Waals surface area contributed by atoms with Crippen LogP contribution in [0.4, 0.5) is 0 Å². The summed E-state index contributed by atoms with van der Waals surface area (Å²) >= 11 is 0. The molecule has 3 atom stereocenters. The molecule has 60 valence electrons. The number of rotatable bonds is 1. The molecule has 0 aromatic carbocycles. The third-order valence-corrected chi connectivity index (χ3v) is 2.96. The fraction of sp³-hybridized carbons (Fsp3) is 1.00. The van der Waals surface area contributed by atoms with Crippen molar-refractivity contribution in [3.8, 4) is 0 Å². The highest BCUT2D eigenvalue weighted by Gasteiger charge is 2.25. The van der Waals surface area contributed by atoms with Crippen LogP contribution in [0.25, 0.3) is 0 Å². The van der Waals surface area contributed by atoms with E-state index < -0.39 is 0 Å². The van der Waals surface area contributed by atoms with Crippen LogP contribution in [-0.2, 0) is 0 Å². The van der Waals surface area contributed by atoms with Crippen LogP contribution in [0.3, 0.4) is 0 Å². The van der Waals surface area contributed by atoms with E-state index in [0.717, 1.165) is 11.8 Å². The SMILES string of the molecule is CC[C@@H]1CCCC(C)C1N. The third-order valence-electron chi connectivity index (χ3n) is 2.96. The lowest BCUT2D eigenvalue weighted by atomic mass is 9.77. The molecular weight excluding hydrogens is 122 g/mol. The Bertz CT molecular complexity index is 101. The van der Waals surface area contributed by atoms with Gasteiger partial charge in [-0.3, -0.25) is 0 Å². The van der Waals surface area contributed by atoms with Crippen molar-refractivity contribution in [3.63, 3.8) is 0 Å². The summed E-state index contributed by atoms with van der Waals surface area (Å²) in [6.07, 6.45) is 5.37. The highest BCUT2D eigenvalue weighted by Crippen LogP contribution is 2.29. The van der Waals surface area contributed by atoms with Gasteiger partial charge < -0.3 is 5.73 Å². The Labute approximate surface area is 64.0 Å². The second-order valence-corrected chi connectivity index (χ2v) is 3.65. The molecule has 0 amide bonds. The van der Waals surface area contributed by atoms with Gasteiger partial charge in [0.1, 0.15) is 0 Å². The molecular formula is C9H19N. The highest BCUT2D eigenvalue weighted by molar-refractivity contribution is 4.81. The molecule has 0 aromatic heterocycles. The van der Waals surface area contributed by atoms with Gasteiger partial charge in [0.25, 0.3) is 0 Å². The minimum Gasteiger partial charge on any atom is -0.327 e. The number of hydrogen-bond acceptors (Lipinski definition) is 1. The second kappa shape index (κ2) is 3.38. The molecule has 0 saturated heterocycles. The summed E-state index contributed by atoms with van der Waals surface area (Å²) in [6, 6.07) is 0.485. The van der Waals surface area contributed by atoms with Gasteiger partial charge in [0, 0.05) is 6.04 Å². The molecule has 0 bridgehead atoms. The molecule has 0 aliphatic heterocycles. The Kier molecular flexibility index (Phi) is 2.72. The van der Waals surface area contributed by atoms with Crippen LogP contribution in [-0.4, -0.2) is 6.04 Å². The van der Waals surface area contributed by atoms with E-state index in [0.29, 0.717) is 6.04 Å². The average Bonchev–Trinajstić information content (AvgIpc) is 1.95. The van der Waals surface area contributed by atoms with Crippen molar-refractivity contribution in [1.82, 2.24) is 0 Å². The lowest BCUT2D eigenvalue weighted by molar-refractivity contribution is 0.229. The third kappa shape index (κ3) is 1.51. The zero-order valence-corrected chi connectivity index (χ0v) is 7.14. The van der Waals surface area contributed by atoms with E-state index in [1.807, 2.05) is 0 Å². The Balaban J connectivity index is 2.42. The predicted molar refractivity (Wildman–Crippen MR) is 44.8 cm³/mol. The van der Waals surface area contributed by atoms with Gasteiger partial charge in [0.15, 0.2) is 0 Å². The number of nitrogens with two attached hydrogens (primary N) is 1. The van der Waals surface area contributed by atoms with Gasteiger partial charge >= 0.3 is 0 Å². The van der Waals surface area contributed by atoms with Crippen molar-refractivity contribution >= 4 is 0 Å². The largest absolute Gasteiger partial charge is 0.327 e. The Hall–Kier alpha value is -0.0400. The molecule has 1 heteroatoms. The monoisotopic (exact) mass is 141 g/mol. The average molecular weight is 141 g/mol. The maximum atomic E-state index is 6.03. The van der Waals surface area contributed by atoms with Crippen molar-refractivity contribution in [2.45, 2.75) is 45.6 Å². The van der Waals surface area contributed by atoms with Crippen LogP contribution >= 0.6 is 0 Å².